The molecule has 24 rings (SSSR count). The van der Waals surface area contributed by atoms with Gasteiger partial charge in [-0.15, -0.1) is 0 Å². The lowest BCUT2D eigenvalue weighted by molar-refractivity contribution is 0.460. The van der Waals surface area contributed by atoms with E-state index in [1.54, 1.807) is 99.6 Å². The van der Waals surface area contributed by atoms with Gasteiger partial charge in [0.15, 0.2) is 68.4 Å². The molecule has 0 spiro atoms. The van der Waals surface area contributed by atoms with Crippen LogP contribution in [0.2, 0.25) is 20.1 Å². The van der Waals surface area contributed by atoms with E-state index in [1.807, 2.05) is 231 Å². The van der Waals surface area contributed by atoms with Gasteiger partial charge in [0, 0.05) is 114 Å². The van der Waals surface area contributed by atoms with Crippen LogP contribution >= 0.6 is 46.4 Å². The summed E-state index contributed by atoms with van der Waals surface area (Å²) in [5, 5.41) is 28.8. The number of pyridine rings is 6. The van der Waals surface area contributed by atoms with Gasteiger partial charge in [0.25, 0.3) is 0 Å². The summed E-state index contributed by atoms with van der Waals surface area (Å²) < 4.78 is 85.2. The van der Waals surface area contributed by atoms with Gasteiger partial charge < -0.3 is 61.5 Å². The normalized spacial score (nSPS) is 11.1. The van der Waals surface area contributed by atoms with E-state index < -0.39 is 11.6 Å². The van der Waals surface area contributed by atoms with Crippen LogP contribution in [0, 0.1) is 37.1 Å². The molecule has 0 aliphatic rings. The molecular formula is C110H74Cl4F4N18O6. The summed E-state index contributed by atoms with van der Waals surface area (Å²) in [6.07, 6.45) is 10.4. The maximum absolute atomic E-state index is 13.6. The van der Waals surface area contributed by atoms with E-state index >= 15 is 0 Å². The topological polar surface area (TPSA) is 390 Å². The second-order valence-electron chi connectivity index (χ2n) is 32.3. The first kappa shape index (κ1) is 93.1. The van der Waals surface area contributed by atoms with Gasteiger partial charge in [-0.2, -0.15) is 0 Å². The van der Waals surface area contributed by atoms with Crippen molar-refractivity contribution in [1.29, 1.82) is 0 Å². The van der Waals surface area contributed by atoms with Gasteiger partial charge in [0.1, 0.15) is 23.3 Å². The van der Waals surface area contributed by atoms with Crippen LogP contribution in [0.15, 0.2) is 368 Å². The van der Waals surface area contributed by atoms with Crippen molar-refractivity contribution in [1.82, 2.24) is 60.8 Å². The van der Waals surface area contributed by atoms with Crippen LogP contribution in [-0.4, -0.2) is 60.8 Å². The van der Waals surface area contributed by atoms with Crippen LogP contribution < -0.4 is 34.4 Å². The van der Waals surface area contributed by atoms with E-state index in [0.717, 1.165) is 155 Å². The number of nitrogens with two attached hydrogens (primary N) is 6. The summed E-state index contributed by atoms with van der Waals surface area (Å²) in [6, 6.07) is 91.7. The number of benzene rings is 12. The van der Waals surface area contributed by atoms with Gasteiger partial charge in [0.2, 0.25) is 0 Å². The van der Waals surface area contributed by atoms with Crippen LogP contribution in [0.3, 0.4) is 0 Å². The Kier molecular flexibility index (Phi) is 26.7. The SMILES string of the molecule is Cc1cc(-c2ncccc2-c2ccc3c(N)noc3c2)ccc1F.Cc1cc(-c2ncccc2-c2ccc3onc(N)c3c2)ccc1F.Nc1noc2cc(-c3cccnc3-c3ccc(F)c(Cl)c3)ccc12.Nc1noc2cc(-c3cccnc3-c3cccc(Cl)c3)ccc12.Nc1noc2ccc(-c3cccnc3-c3ccc(F)c(Cl)c3)cc12.Nc1noc2ccc(-c3cccnc3-c3cccc(Cl)c3)cc12. The van der Waals surface area contributed by atoms with Crippen molar-refractivity contribution >= 4 is 147 Å². The minimum atomic E-state index is -0.462. The second-order valence-corrected chi connectivity index (χ2v) is 34.0. The molecule has 0 aliphatic heterocycles. The summed E-state index contributed by atoms with van der Waals surface area (Å²) in [4.78, 5) is 26.9. The van der Waals surface area contributed by atoms with Crippen molar-refractivity contribution in [3.05, 3.63) is 395 Å². The highest BCUT2D eigenvalue weighted by atomic mass is 35.5. The highest BCUT2D eigenvalue weighted by molar-refractivity contribution is 6.32. The number of halogens is 8. The average molecular weight is 1960 g/mol. The Morgan fingerprint density at radius 1 is 0.204 bits per heavy atom. The number of fused-ring (bicyclic) bond motifs is 6. The molecule has 142 heavy (non-hydrogen) atoms. The Labute approximate surface area is 824 Å². The van der Waals surface area contributed by atoms with Gasteiger partial charge in [0.05, 0.1) is 76.5 Å². The van der Waals surface area contributed by atoms with Crippen LogP contribution in [0.1, 0.15) is 11.1 Å². The monoisotopic (exact) mass is 1960 g/mol. The molecule has 12 N–H and O–H groups in total. The molecule has 0 amide bonds. The average Bonchev–Trinajstić information content (AvgIpc) is 1.59. The molecule has 0 saturated carbocycles. The first-order valence-corrected chi connectivity index (χ1v) is 45.1. The summed E-state index contributed by atoms with van der Waals surface area (Å²) in [5.41, 5.74) is 60.9. The smallest absolute Gasteiger partial charge is 0.174 e. The van der Waals surface area contributed by atoms with Crippen molar-refractivity contribution in [3.63, 3.8) is 0 Å². The molecule has 12 heterocycles. The largest absolute Gasteiger partial charge is 0.380 e. The van der Waals surface area contributed by atoms with Gasteiger partial charge in [-0.1, -0.05) is 174 Å². The summed E-state index contributed by atoms with van der Waals surface area (Å²) in [5.74, 6) is 0.822. The number of anilines is 6. The lowest BCUT2D eigenvalue weighted by atomic mass is 9.97. The fraction of sp³-hybridized carbons (Fsp3) is 0.0182. The summed E-state index contributed by atoms with van der Waals surface area (Å²) in [6.45, 7) is 3.48. The standard InChI is InChI=1S/2C19H14FN3O.2C18H11ClFN3O.2C18H12ClN3O/c1-11-9-13(4-6-16(11)20)18-14(3-2-8-22-18)12-5-7-17-15(10-12)19(21)23-24-17;1-11-9-13(5-7-16(11)20)18-14(3-2-8-22-18)12-4-6-15-17(10-12)24-23-19(15)21;19-14-9-11(3-5-15(14)20)17-12(2-1-7-22-17)10-4-6-16-13(8-10)18(21)23-24-16;19-14-8-11(4-6-15(14)20)17-12(2-1-7-22-17)10-3-5-13-16(9-10)24-23-18(13)21;19-13-4-1-3-12(9-13)17-14(5-2-8-21-17)11-6-7-16-15(10-11)18(20)22-23-16;19-13-4-1-3-12(9-13)17-14(5-2-8-21-17)11-6-7-15-16(10-11)23-22-18(15)20/h2*2-10H,1H3,(H2,21,23);2*1-9H,(H2,21,23);2*1-10H,(H2,20,22). The van der Waals surface area contributed by atoms with Crippen molar-refractivity contribution in [2.45, 2.75) is 13.8 Å². The van der Waals surface area contributed by atoms with E-state index in [9.17, 15) is 17.6 Å². The number of aromatic nitrogens is 12. The zero-order valence-electron chi connectivity index (χ0n) is 74.6. The highest BCUT2D eigenvalue weighted by Gasteiger charge is 2.22. The van der Waals surface area contributed by atoms with Gasteiger partial charge >= 0.3 is 0 Å². The Bertz CT molecular complexity index is 8540. The maximum Gasteiger partial charge on any atom is 0.174 e. The van der Waals surface area contributed by atoms with Gasteiger partial charge in [-0.05, 0) is 265 Å². The Balaban J connectivity index is 0.000000108. The summed E-state index contributed by atoms with van der Waals surface area (Å²) >= 11 is 24.0. The molecular weight excluding hydrogens is 1890 g/mol. The minimum absolute atomic E-state index is 0.0579. The van der Waals surface area contributed by atoms with Crippen molar-refractivity contribution in [2.75, 3.05) is 34.4 Å². The van der Waals surface area contributed by atoms with Crippen molar-refractivity contribution in [2.24, 2.45) is 0 Å². The molecule has 0 radical (unpaired) electrons. The third kappa shape index (κ3) is 19.9. The molecule has 0 saturated heterocycles. The molecule has 12 aromatic carbocycles. The molecule has 696 valence electrons. The predicted octanol–water partition coefficient (Wildman–Crippen LogP) is 28.6. The molecule has 0 atom stereocenters. The van der Waals surface area contributed by atoms with Crippen LogP contribution in [-0.2, 0) is 0 Å². The van der Waals surface area contributed by atoms with E-state index in [-0.39, 0.29) is 21.7 Å². The van der Waals surface area contributed by atoms with Gasteiger partial charge in [-0.3, -0.25) is 29.9 Å². The number of rotatable bonds is 12. The molecule has 0 bridgehead atoms. The fourth-order valence-electron chi connectivity index (χ4n) is 16.1. The molecule has 0 unspecified atom stereocenters. The number of hydrogen-bond donors (Lipinski definition) is 6. The quantitative estimate of drug-likeness (QED) is 0.0619. The Morgan fingerprint density at radius 3 is 0.690 bits per heavy atom. The van der Waals surface area contributed by atoms with Crippen molar-refractivity contribution < 1.29 is 44.7 Å². The minimum Gasteiger partial charge on any atom is -0.380 e. The number of aryl methyl sites for hydroxylation is 2. The van der Waals surface area contributed by atoms with E-state index in [4.69, 9.17) is 108 Å². The maximum atomic E-state index is 13.6. The van der Waals surface area contributed by atoms with E-state index in [2.05, 4.69) is 60.8 Å². The molecule has 32 heteroatoms. The zero-order chi connectivity index (χ0) is 98.3. The number of nitrogens with zero attached hydrogens (tertiary/aromatic N) is 12. The zero-order valence-corrected chi connectivity index (χ0v) is 77.7. The molecule has 0 aliphatic carbocycles. The van der Waals surface area contributed by atoms with E-state index in [1.165, 1.54) is 24.3 Å². The molecule has 0 fully saturated rings. The first-order chi connectivity index (χ1) is 69.0. The molecule has 12 aromatic heterocycles. The summed E-state index contributed by atoms with van der Waals surface area (Å²) in [7, 11) is 0. The lowest BCUT2D eigenvalue weighted by Gasteiger charge is -2.10. The first-order valence-electron chi connectivity index (χ1n) is 43.6. The lowest BCUT2D eigenvalue weighted by Crippen LogP contribution is -1.91. The highest BCUT2D eigenvalue weighted by Crippen LogP contribution is 2.43. The van der Waals surface area contributed by atoms with Crippen LogP contribution in [0.5, 0.6) is 0 Å². The van der Waals surface area contributed by atoms with E-state index in [0.29, 0.717) is 101 Å². The molecule has 24 nitrogen and oxygen atoms in total. The fourth-order valence-corrected chi connectivity index (χ4v) is 16.8. The third-order valence-corrected chi connectivity index (χ3v) is 24.2. The van der Waals surface area contributed by atoms with Crippen LogP contribution in [0.4, 0.5) is 52.5 Å². The van der Waals surface area contributed by atoms with Gasteiger partial charge in [-0.25, -0.2) is 17.6 Å². The Morgan fingerprint density at radius 2 is 0.430 bits per heavy atom. The molecule has 24 aromatic rings. The number of hydrogen-bond acceptors (Lipinski definition) is 24. The Hall–Kier alpha value is -18.0. The third-order valence-electron chi connectivity index (χ3n) is 23.2. The number of nitrogen functional groups attached to an aromatic ring is 6. The second kappa shape index (κ2) is 40.8. The van der Waals surface area contributed by atoms with Crippen molar-refractivity contribution in [3.8, 4) is 134 Å². The van der Waals surface area contributed by atoms with Crippen LogP contribution in [0.25, 0.3) is 200 Å². The predicted molar refractivity (Wildman–Crippen MR) is 552 cm³/mol.